The zero-order valence-corrected chi connectivity index (χ0v) is 18.0. The van der Waals surface area contributed by atoms with Gasteiger partial charge in [-0.2, -0.15) is 0 Å². The van der Waals surface area contributed by atoms with Crippen LogP contribution in [0, 0.1) is 11.8 Å². The van der Waals surface area contributed by atoms with Gasteiger partial charge in [-0.25, -0.2) is 0 Å². The molecule has 0 unspecified atom stereocenters. The van der Waals surface area contributed by atoms with E-state index in [0.29, 0.717) is 11.9 Å². The lowest BCUT2D eigenvalue weighted by molar-refractivity contribution is -0.122. The SMILES string of the molecule is CCC1CCC(Oc2ccc3cc(CN4CCC(C(C)=O)CC4)ccc3c2)CC1. The minimum absolute atomic E-state index is 0.276. The largest absolute Gasteiger partial charge is 0.490 e. The Labute approximate surface area is 175 Å². The van der Waals surface area contributed by atoms with Crippen molar-refractivity contribution in [3.05, 3.63) is 42.0 Å². The van der Waals surface area contributed by atoms with E-state index in [1.807, 2.05) is 0 Å². The predicted octanol–water partition coefficient (Wildman–Crippen LogP) is 5.99. The molecule has 0 amide bonds. The summed E-state index contributed by atoms with van der Waals surface area (Å²) in [6.45, 7) is 7.06. The third-order valence-electron chi connectivity index (χ3n) is 7.12. The summed E-state index contributed by atoms with van der Waals surface area (Å²) in [5.41, 5.74) is 1.35. The van der Waals surface area contributed by atoms with E-state index in [1.54, 1.807) is 6.92 Å². The molecule has 29 heavy (non-hydrogen) atoms. The van der Waals surface area contributed by atoms with Gasteiger partial charge in [0.15, 0.2) is 0 Å². The Bertz CT molecular complexity index is 830. The highest BCUT2D eigenvalue weighted by Gasteiger charge is 2.23. The quantitative estimate of drug-likeness (QED) is 0.604. The number of Topliss-reactive ketones (excluding diaryl/α,β-unsaturated/α-hetero) is 1. The summed E-state index contributed by atoms with van der Waals surface area (Å²) >= 11 is 0. The van der Waals surface area contributed by atoms with Crippen LogP contribution in [0.25, 0.3) is 10.8 Å². The molecule has 2 aromatic rings. The van der Waals surface area contributed by atoms with Crippen LogP contribution in [0.5, 0.6) is 5.75 Å². The number of nitrogens with zero attached hydrogens (tertiary/aromatic N) is 1. The molecule has 1 aliphatic heterocycles. The Kier molecular flexibility index (Phi) is 6.54. The molecular formula is C26H35NO2. The molecule has 2 fully saturated rings. The Morgan fingerprint density at radius 3 is 2.34 bits per heavy atom. The number of carbonyl (C=O) groups is 1. The molecule has 2 aromatic carbocycles. The maximum Gasteiger partial charge on any atom is 0.133 e. The number of hydrogen-bond donors (Lipinski definition) is 0. The van der Waals surface area contributed by atoms with Crippen molar-refractivity contribution < 1.29 is 9.53 Å². The predicted molar refractivity (Wildman–Crippen MR) is 119 cm³/mol. The fourth-order valence-corrected chi connectivity index (χ4v) is 5.05. The molecule has 0 bridgehead atoms. The van der Waals surface area contributed by atoms with Crippen LogP contribution >= 0.6 is 0 Å². The highest BCUT2D eigenvalue weighted by Crippen LogP contribution is 2.31. The molecule has 3 heteroatoms. The van der Waals surface area contributed by atoms with Crippen LogP contribution in [-0.2, 0) is 11.3 Å². The van der Waals surface area contributed by atoms with E-state index in [0.717, 1.165) is 44.1 Å². The lowest BCUT2D eigenvalue weighted by atomic mass is 9.86. The van der Waals surface area contributed by atoms with E-state index in [1.165, 1.54) is 48.4 Å². The van der Waals surface area contributed by atoms with Crippen LogP contribution < -0.4 is 4.74 Å². The first-order chi connectivity index (χ1) is 14.1. The van der Waals surface area contributed by atoms with Gasteiger partial charge in [-0.15, -0.1) is 0 Å². The fourth-order valence-electron chi connectivity index (χ4n) is 5.05. The Morgan fingerprint density at radius 1 is 0.966 bits per heavy atom. The van der Waals surface area contributed by atoms with Gasteiger partial charge in [0.2, 0.25) is 0 Å². The molecule has 156 valence electrons. The number of hydrogen-bond acceptors (Lipinski definition) is 3. The number of ether oxygens (including phenoxy) is 1. The maximum atomic E-state index is 11.6. The zero-order chi connectivity index (χ0) is 20.2. The summed E-state index contributed by atoms with van der Waals surface area (Å²) < 4.78 is 6.30. The molecule has 0 N–H and O–H groups in total. The molecule has 0 aromatic heterocycles. The molecular weight excluding hydrogens is 358 g/mol. The molecule has 0 spiro atoms. The molecule has 0 atom stereocenters. The van der Waals surface area contributed by atoms with Gasteiger partial charge in [-0.05, 0) is 99.0 Å². The average Bonchev–Trinajstić information content (AvgIpc) is 2.75. The van der Waals surface area contributed by atoms with Gasteiger partial charge < -0.3 is 4.74 Å². The third kappa shape index (κ3) is 5.19. The minimum Gasteiger partial charge on any atom is -0.490 e. The lowest BCUT2D eigenvalue weighted by Crippen LogP contribution is -2.35. The van der Waals surface area contributed by atoms with Gasteiger partial charge in [0.25, 0.3) is 0 Å². The van der Waals surface area contributed by atoms with Crippen molar-refractivity contribution in [1.82, 2.24) is 4.90 Å². The van der Waals surface area contributed by atoms with Gasteiger partial charge in [0.05, 0.1) is 6.10 Å². The number of rotatable bonds is 6. The number of ketones is 1. The van der Waals surface area contributed by atoms with Gasteiger partial charge in [-0.3, -0.25) is 9.69 Å². The second-order valence-corrected chi connectivity index (χ2v) is 9.17. The van der Waals surface area contributed by atoms with Crippen molar-refractivity contribution in [1.29, 1.82) is 0 Å². The average molecular weight is 394 g/mol. The summed E-state index contributed by atoms with van der Waals surface area (Å²) in [5.74, 6) is 2.54. The normalized spacial score (nSPS) is 23.9. The first-order valence-corrected chi connectivity index (χ1v) is 11.5. The summed E-state index contributed by atoms with van der Waals surface area (Å²) in [4.78, 5) is 14.0. The Balaban J connectivity index is 1.35. The number of benzene rings is 2. The topological polar surface area (TPSA) is 29.5 Å². The molecule has 1 saturated heterocycles. The van der Waals surface area contributed by atoms with E-state index in [-0.39, 0.29) is 5.92 Å². The van der Waals surface area contributed by atoms with Crippen molar-refractivity contribution in [3.63, 3.8) is 0 Å². The molecule has 4 rings (SSSR count). The molecule has 0 radical (unpaired) electrons. The molecule has 2 aliphatic rings. The monoisotopic (exact) mass is 393 g/mol. The number of piperidine rings is 1. The molecule has 1 aliphatic carbocycles. The highest BCUT2D eigenvalue weighted by molar-refractivity contribution is 5.84. The van der Waals surface area contributed by atoms with Crippen molar-refractivity contribution in [2.75, 3.05) is 13.1 Å². The van der Waals surface area contributed by atoms with Gasteiger partial charge in [-0.1, -0.05) is 31.5 Å². The number of fused-ring (bicyclic) bond motifs is 1. The summed E-state index contributed by atoms with van der Waals surface area (Å²) in [5, 5.41) is 2.53. The van der Waals surface area contributed by atoms with Crippen LogP contribution in [-0.4, -0.2) is 29.9 Å². The smallest absolute Gasteiger partial charge is 0.133 e. The van der Waals surface area contributed by atoms with Crippen LogP contribution in [0.4, 0.5) is 0 Å². The Morgan fingerprint density at radius 2 is 1.66 bits per heavy atom. The van der Waals surface area contributed by atoms with E-state index in [9.17, 15) is 4.79 Å². The Hall–Kier alpha value is -1.87. The summed E-state index contributed by atoms with van der Waals surface area (Å²) in [6, 6.07) is 13.3. The van der Waals surface area contributed by atoms with E-state index < -0.39 is 0 Å². The number of likely N-dealkylation sites (tertiary alicyclic amines) is 1. The van der Waals surface area contributed by atoms with Gasteiger partial charge in [0.1, 0.15) is 11.5 Å². The number of carbonyl (C=O) groups excluding carboxylic acids is 1. The second kappa shape index (κ2) is 9.30. The second-order valence-electron chi connectivity index (χ2n) is 9.17. The van der Waals surface area contributed by atoms with Crippen molar-refractivity contribution in [3.8, 4) is 5.75 Å². The van der Waals surface area contributed by atoms with Gasteiger partial charge >= 0.3 is 0 Å². The van der Waals surface area contributed by atoms with E-state index in [4.69, 9.17) is 4.74 Å². The third-order valence-corrected chi connectivity index (χ3v) is 7.12. The van der Waals surface area contributed by atoms with Crippen molar-refractivity contribution >= 4 is 16.6 Å². The molecule has 3 nitrogen and oxygen atoms in total. The zero-order valence-electron chi connectivity index (χ0n) is 18.0. The lowest BCUT2D eigenvalue weighted by Gasteiger charge is -2.30. The van der Waals surface area contributed by atoms with Crippen LogP contribution in [0.15, 0.2) is 36.4 Å². The van der Waals surface area contributed by atoms with Crippen LogP contribution in [0.2, 0.25) is 0 Å². The highest BCUT2D eigenvalue weighted by atomic mass is 16.5. The van der Waals surface area contributed by atoms with E-state index >= 15 is 0 Å². The fraction of sp³-hybridized carbons (Fsp3) is 0.577. The first-order valence-electron chi connectivity index (χ1n) is 11.5. The maximum absolute atomic E-state index is 11.6. The first kappa shape index (κ1) is 20.4. The van der Waals surface area contributed by atoms with E-state index in [2.05, 4.69) is 48.2 Å². The van der Waals surface area contributed by atoms with Crippen molar-refractivity contribution in [2.45, 2.75) is 71.4 Å². The van der Waals surface area contributed by atoms with Crippen LogP contribution in [0.1, 0.15) is 64.4 Å². The summed E-state index contributed by atoms with van der Waals surface area (Å²) in [7, 11) is 0. The summed E-state index contributed by atoms with van der Waals surface area (Å²) in [6.07, 6.45) is 8.69. The standard InChI is InChI=1S/C26H35NO2/c1-3-20-5-9-25(10-6-20)29-26-11-8-23-16-21(4-7-24(23)17-26)18-27-14-12-22(13-15-27)19(2)28/h4,7-8,11,16-17,20,22,25H,3,5-6,9-10,12-15,18H2,1-2H3. The minimum atomic E-state index is 0.276. The molecule has 1 saturated carbocycles. The van der Waals surface area contributed by atoms with Crippen LogP contribution in [0.3, 0.4) is 0 Å². The van der Waals surface area contributed by atoms with Crippen molar-refractivity contribution in [2.24, 2.45) is 11.8 Å². The van der Waals surface area contributed by atoms with Gasteiger partial charge in [0, 0.05) is 12.5 Å². The molecule has 1 heterocycles.